The van der Waals surface area contributed by atoms with Crippen LogP contribution in [0.25, 0.3) is 0 Å². The van der Waals surface area contributed by atoms with Crippen LogP contribution in [0.3, 0.4) is 0 Å². The van der Waals surface area contributed by atoms with Crippen molar-refractivity contribution in [3.8, 4) is 0 Å². The molecule has 2 aromatic rings. The molecule has 5 heteroatoms. The van der Waals surface area contributed by atoms with Crippen molar-refractivity contribution in [3.05, 3.63) is 41.9 Å². The van der Waals surface area contributed by atoms with Gasteiger partial charge in [0.25, 0.3) is 5.91 Å². The Bertz CT molecular complexity index is 562. The van der Waals surface area contributed by atoms with Gasteiger partial charge in [-0.2, -0.15) is 5.10 Å². The Morgan fingerprint density at radius 3 is 2.72 bits per heavy atom. The van der Waals surface area contributed by atoms with E-state index in [-0.39, 0.29) is 5.91 Å². The van der Waals surface area contributed by atoms with Gasteiger partial charge >= 0.3 is 0 Å². The zero-order valence-electron chi connectivity index (χ0n) is 10.8. The van der Waals surface area contributed by atoms with Gasteiger partial charge < -0.3 is 0 Å². The molecule has 0 spiro atoms. The summed E-state index contributed by atoms with van der Waals surface area (Å²) in [6.45, 7) is 4.45. The van der Waals surface area contributed by atoms with Gasteiger partial charge in [0.15, 0.2) is 0 Å². The molecule has 0 aromatic carbocycles. The third kappa shape index (κ3) is 2.11. The summed E-state index contributed by atoms with van der Waals surface area (Å²) in [7, 11) is 1.76. The number of pyridine rings is 1. The summed E-state index contributed by atoms with van der Waals surface area (Å²) < 4.78 is 1.57. The second kappa shape index (κ2) is 5.00. The Kier molecular flexibility index (Phi) is 3.41. The van der Waals surface area contributed by atoms with Crippen LogP contribution >= 0.6 is 0 Å². The molecule has 0 atom stereocenters. The number of amides is 1. The zero-order chi connectivity index (χ0) is 13.1. The molecular formula is C13H16N4O. The number of nitrogens with zero attached hydrogens (tertiary/aromatic N) is 4. The lowest BCUT2D eigenvalue weighted by atomic mass is 10.2. The fourth-order valence-electron chi connectivity index (χ4n) is 1.87. The Labute approximate surface area is 106 Å². The van der Waals surface area contributed by atoms with Crippen molar-refractivity contribution < 1.29 is 4.79 Å². The maximum atomic E-state index is 12.4. The standard InChI is InChI=1S/C13H16N4O/c1-4-17(12-10(2)6-5-8-14-12)13(18)11-7-9-15-16(11)3/h5-9H,4H2,1-3H3. The van der Waals surface area contributed by atoms with Crippen molar-refractivity contribution in [2.24, 2.45) is 7.05 Å². The van der Waals surface area contributed by atoms with Crippen LogP contribution in [0.4, 0.5) is 5.82 Å². The largest absolute Gasteiger partial charge is 0.291 e. The lowest BCUT2D eigenvalue weighted by Crippen LogP contribution is -2.33. The van der Waals surface area contributed by atoms with Crippen LogP contribution in [0.2, 0.25) is 0 Å². The van der Waals surface area contributed by atoms with E-state index in [0.29, 0.717) is 18.1 Å². The van der Waals surface area contributed by atoms with E-state index in [0.717, 1.165) is 5.56 Å². The first-order valence-corrected chi connectivity index (χ1v) is 5.86. The molecule has 0 aliphatic carbocycles. The lowest BCUT2D eigenvalue weighted by molar-refractivity contribution is 0.0978. The Morgan fingerprint density at radius 1 is 1.39 bits per heavy atom. The summed E-state index contributed by atoms with van der Waals surface area (Å²) >= 11 is 0. The molecule has 0 saturated carbocycles. The predicted octanol–water partition coefficient (Wildman–Crippen LogP) is 1.79. The molecule has 0 radical (unpaired) electrons. The Morgan fingerprint density at radius 2 is 2.17 bits per heavy atom. The van der Waals surface area contributed by atoms with Crippen LogP contribution < -0.4 is 4.90 Å². The molecular weight excluding hydrogens is 228 g/mol. The van der Waals surface area contributed by atoms with Crippen LogP contribution in [0, 0.1) is 6.92 Å². The zero-order valence-corrected chi connectivity index (χ0v) is 10.8. The number of aryl methyl sites for hydroxylation is 2. The summed E-state index contributed by atoms with van der Waals surface area (Å²) in [5.41, 5.74) is 1.54. The lowest BCUT2D eigenvalue weighted by Gasteiger charge is -2.21. The topological polar surface area (TPSA) is 51.0 Å². The van der Waals surface area contributed by atoms with Crippen molar-refractivity contribution in [1.29, 1.82) is 0 Å². The monoisotopic (exact) mass is 244 g/mol. The number of anilines is 1. The molecule has 18 heavy (non-hydrogen) atoms. The highest BCUT2D eigenvalue weighted by Crippen LogP contribution is 2.18. The number of hydrogen-bond donors (Lipinski definition) is 0. The van der Waals surface area contributed by atoms with Crippen molar-refractivity contribution in [1.82, 2.24) is 14.8 Å². The molecule has 0 saturated heterocycles. The van der Waals surface area contributed by atoms with E-state index in [2.05, 4.69) is 10.1 Å². The Balaban J connectivity index is 2.39. The fourth-order valence-corrected chi connectivity index (χ4v) is 1.87. The maximum Gasteiger partial charge on any atom is 0.277 e. The average Bonchev–Trinajstić information content (AvgIpc) is 2.78. The number of aromatic nitrogens is 3. The van der Waals surface area contributed by atoms with Crippen LogP contribution in [0.1, 0.15) is 23.0 Å². The molecule has 1 amide bonds. The molecule has 94 valence electrons. The van der Waals surface area contributed by atoms with Gasteiger partial charge in [-0.05, 0) is 31.5 Å². The highest BCUT2D eigenvalue weighted by molar-refractivity contribution is 6.04. The van der Waals surface area contributed by atoms with E-state index in [9.17, 15) is 4.79 Å². The van der Waals surface area contributed by atoms with Crippen LogP contribution in [0.5, 0.6) is 0 Å². The van der Waals surface area contributed by atoms with Crippen LogP contribution in [-0.4, -0.2) is 27.2 Å². The van der Waals surface area contributed by atoms with E-state index >= 15 is 0 Å². The van der Waals surface area contributed by atoms with E-state index in [1.165, 1.54) is 0 Å². The van der Waals surface area contributed by atoms with Gasteiger partial charge in [0.1, 0.15) is 11.5 Å². The minimum absolute atomic E-state index is 0.0840. The summed E-state index contributed by atoms with van der Waals surface area (Å²) in [4.78, 5) is 18.4. The van der Waals surface area contributed by atoms with E-state index in [4.69, 9.17) is 0 Å². The summed E-state index contributed by atoms with van der Waals surface area (Å²) in [6.07, 6.45) is 3.31. The third-order valence-electron chi connectivity index (χ3n) is 2.84. The number of hydrogen-bond acceptors (Lipinski definition) is 3. The van der Waals surface area contributed by atoms with Crippen molar-refractivity contribution >= 4 is 11.7 Å². The van der Waals surface area contributed by atoms with Crippen molar-refractivity contribution in [2.75, 3.05) is 11.4 Å². The van der Waals surface area contributed by atoms with Gasteiger partial charge in [0.05, 0.1) is 0 Å². The molecule has 0 fully saturated rings. The highest BCUT2D eigenvalue weighted by atomic mass is 16.2. The third-order valence-corrected chi connectivity index (χ3v) is 2.84. The quantitative estimate of drug-likeness (QED) is 0.827. The first kappa shape index (κ1) is 12.3. The molecule has 0 aliphatic heterocycles. The molecule has 0 aliphatic rings. The highest BCUT2D eigenvalue weighted by Gasteiger charge is 2.20. The predicted molar refractivity (Wildman–Crippen MR) is 69.5 cm³/mol. The first-order valence-electron chi connectivity index (χ1n) is 5.86. The van der Waals surface area contributed by atoms with E-state index < -0.39 is 0 Å². The smallest absolute Gasteiger partial charge is 0.277 e. The second-order valence-corrected chi connectivity index (χ2v) is 4.03. The fraction of sp³-hybridized carbons (Fsp3) is 0.308. The van der Waals surface area contributed by atoms with Crippen molar-refractivity contribution in [2.45, 2.75) is 13.8 Å². The summed E-state index contributed by atoms with van der Waals surface area (Å²) in [5.74, 6) is 0.616. The molecule has 2 rings (SSSR count). The maximum absolute atomic E-state index is 12.4. The molecule has 2 aromatic heterocycles. The Hall–Kier alpha value is -2.17. The van der Waals surface area contributed by atoms with Crippen LogP contribution in [-0.2, 0) is 7.05 Å². The van der Waals surface area contributed by atoms with Gasteiger partial charge in [-0.1, -0.05) is 6.07 Å². The minimum atomic E-state index is -0.0840. The molecule has 0 N–H and O–H groups in total. The SMILES string of the molecule is CCN(C(=O)c1ccnn1C)c1ncccc1C. The summed E-state index contributed by atoms with van der Waals surface area (Å²) in [6, 6.07) is 5.52. The second-order valence-electron chi connectivity index (χ2n) is 4.03. The van der Waals surface area contributed by atoms with E-state index in [1.807, 2.05) is 26.0 Å². The number of carbonyl (C=O) groups excluding carboxylic acids is 1. The first-order chi connectivity index (χ1) is 8.65. The minimum Gasteiger partial charge on any atom is -0.291 e. The molecule has 5 nitrogen and oxygen atoms in total. The normalized spacial score (nSPS) is 10.4. The van der Waals surface area contributed by atoms with Gasteiger partial charge in [0, 0.05) is 26.0 Å². The van der Waals surface area contributed by atoms with Gasteiger partial charge in [-0.15, -0.1) is 0 Å². The van der Waals surface area contributed by atoms with Crippen molar-refractivity contribution in [3.63, 3.8) is 0 Å². The summed E-state index contributed by atoms with van der Waals surface area (Å²) in [5, 5.41) is 4.02. The molecule has 0 unspecified atom stereocenters. The average molecular weight is 244 g/mol. The molecule has 0 bridgehead atoms. The van der Waals surface area contributed by atoms with Gasteiger partial charge in [-0.3, -0.25) is 14.4 Å². The number of carbonyl (C=O) groups is 1. The van der Waals surface area contributed by atoms with Gasteiger partial charge in [-0.25, -0.2) is 4.98 Å². The van der Waals surface area contributed by atoms with Gasteiger partial charge in [0.2, 0.25) is 0 Å². The van der Waals surface area contributed by atoms with Crippen LogP contribution in [0.15, 0.2) is 30.6 Å². The number of rotatable bonds is 3. The molecule has 2 heterocycles. The van der Waals surface area contributed by atoms with E-state index in [1.54, 1.807) is 35.1 Å².